The van der Waals surface area contributed by atoms with Crippen molar-refractivity contribution in [2.45, 2.75) is 37.5 Å². The first-order chi connectivity index (χ1) is 11.2. The van der Waals surface area contributed by atoms with Crippen LogP contribution in [0.1, 0.15) is 30.9 Å². The Balaban J connectivity index is 2.26. The second-order valence-corrected chi connectivity index (χ2v) is 6.80. The minimum Gasteiger partial charge on any atom is -0.493 e. The molecule has 0 aliphatic heterocycles. The molecule has 0 atom stereocenters. The van der Waals surface area contributed by atoms with Gasteiger partial charge in [-0.15, -0.1) is 11.8 Å². The Labute approximate surface area is 141 Å². The van der Waals surface area contributed by atoms with E-state index in [1.54, 1.807) is 16.3 Å². The number of pyridine rings is 1. The average Bonchev–Trinajstić information content (AvgIpc) is 2.59. The van der Waals surface area contributed by atoms with Gasteiger partial charge in [0.15, 0.2) is 0 Å². The summed E-state index contributed by atoms with van der Waals surface area (Å²) in [5, 5.41) is 0. The van der Waals surface area contributed by atoms with Gasteiger partial charge in [0.2, 0.25) is 0 Å². The number of hydrogen-bond donors (Lipinski definition) is 0. The summed E-state index contributed by atoms with van der Waals surface area (Å²) in [6.07, 6.45) is 8.19. The second kappa shape index (κ2) is 6.83. The van der Waals surface area contributed by atoms with Gasteiger partial charge in [0.25, 0.3) is 5.56 Å². The topological polar surface area (TPSA) is 31.2 Å². The maximum atomic E-state index is 12.5. The van der Waals surface area contributed by atoms with E-state index < -0.39 is 0 Å². The molecule has 1 aromatic carbocycles. The van der Waals surface area contributed by atoms with Crippen LogP contribution in [0.4, 0.5) is 0 Å². The number of thioether (sulfide) groups is 1. The van der Waals surface area contributed by atoms with Crippen molar-refractivity contribution in [2.75, 3.05) is 12.9 Å². The Bertz CT molecular complexity index is 780. The Morgan fingerprint density at radius 2 is 1.91 bits per heavy atom. The average molecular weight is 329 g/mol. The van der Waals surface area contributed by atoms with E-state index in [4.69, 9.17) is 4.74 Å². The molecule has 0 unspecified atom stereocenters. The fraction of sp³-hybridized carbons (Fsp3) is 0.421. The van der Waals surface area contributed by atoms with Gasteiger partial charge < -0.3 is 9.30 Å². The van der Waals surface area contributed by atoms with Crippen molar-refractivity contribution in [1.82, 2.24) is 4.57 Å². The van der Waals surface area contributed by atoms with Gasteiger partial charge >= 0.3 is 0 Å². The summed E-state index contributed by atoms with van der Waals surface area (Å²) in [6, 6.07) is 6.32. The molecule has 0 saturated carbocycles. The fourth-order valence-electron chi connectivity index (χ4n) is 3.34. The van der Waals surface area contributed by atoms with Gasteiger partial charge in [-0.05, 0) is 62.6 Å². The minimum atomic E-state index is 0.155. The van der Waals surface area contributed by atoms with Crippen LogP contribution in [0.3, 0.4) is 0 Å². The molecule has 3 nitrogen and oxygen atoms in total. The largest absolute Gasteiger partial charge is 0.493 e. The van der Waals surface area contributed by atoms with Crippen LogP contribution < -0.4 is 10.3 Å². The molecular weight excluding hydrogens is 306 g/mol. The lowest BCUT2D eigenvalue weighted by atomic mass is 9.87. The molecule has 2 aromatic rings. The van der Waals surface area contributed by atoms with Crippen LogP contribution in [0.25, 0.3) is 11.1 Å². The van der Waals surface area contributed by atoms with Crippen molar-refractivity contribution in [3.63, 3.8) is 0 Å². The normalized spacial score (nSPS) is 13.7. The first kappa shape index (κ1) is 16.2. The molecule has 0 amide bonds. The highest BCUT2D eigenvalue weighted by Crippen LogP contribution is 2.37. The van der Waals surface area contributed by atoms with Crippen molar-refractivity contribution in [2.24, 2.45) is 7.05 Å². The number of aromatic nitrogens is 1. The van der Waals surface area contributed by atoms with Crippen molar-refractivity contribution in [1.29, 1.82) is 0 Å². The summed E-state index contributed by atoms with van der Waals surface area (Å²) in [4.78, 5) is 13.7. The second-order valence-electron chi connectivity index (χ2n) is 5.92. The summed E-state index contributed by atoms with van der Waals surface area (Å²) >= 11 is 1.73. The number of fused-ring (bicyclic) bond motifs is 1. The molecule has 0 radical (unpaired) electrons. The zero-order chi connectivity index (χ0) is 16.4. The third kappa shape index (κ3) is 3.05. The highest BCUT2D eigenvalue weighted by molar-refractivity contribution is 7.98. The van der Waals surface area contributed by atoms with Crippen molar-refractivity contribution in [3.8, 4) is 16.9 Å². The minimum absolute atomic E-state index is 0.155. The molecule has 1 aliphatic rings. The van der Waals surface area contributed by atoms with E-state index in [9.17, 15) is 4.79 Å². The smallest absolute Gasteiger partial charge is 0.253 e. The van der Waals surface area contributed by atoms with E-state index in [0.29, 0.717) is 6.61 Å². The Kier molecular flexibility index (Phi) is 4.81. The maximum Gasteiger partial charge on any atom is 0.253 e. The predicted molar refractivity (Wildman–Crippen MR) is 96.7 cm³/mol. The standard InChI is InChI=1S/C19H23NO2S/c1-4-22-18-10-9-13(23-3)11-16(18)17-12-20(2)19(21)15-8-6-5-7-14(15)17/h9-12H,4-8H2,1-3H3. The molecule has 0 N–H and O–H groups in total. The van der Waals surface area contributed by atoms with E-state index in [2.05, 4.69) is 18.4 Å². The monoisotopic (exact) mass is 329 g/mol. The lowest BCUT2D eigenvalue weighted by Gasteiger charge is -2.22. The zero-order valence-electron chi connectivity index (χ0n) is 14.0. The van der Waals surface area contributed by atoms with E-state index in [0.717, 1.165) is 48.1 Å². The molecule has 0 bridgehead atoms. The molecule has 0 spiro atoms. The molecule has 1 heterocycles. The van der Waals surface area contributed by atoms with Crippen LogP contribution in [-0.4, -0.2) is 17.4 Å². The van der Waals surface area contributed by atoms with Gasteiger partial charge in [0, 0.05) is 34.8 Å². The predicted octanol–water partition coefficient (Wildman–Crippen LogP) is 4.05. The molecule has 4 heteroatoms. The third-order valence-electron chi connectivity index (χ3n) is 4.47. The Hall–Kier alpha value is -1.68. The SMILES string of the molecule is CCOc1ccc(SC)cc1-c1cn(C)c(=O)c2c1CCCC2. The van der Waals surface area contributed by atoms with Crippen LogP contribution in [-0.2, 0) is 19.9 Å². The highest BCUT2D eigenvalue weighted by atomic mass is 32.2. The van der Waals surface area contributed by atoms with Gasteiger partial charge in [0.05, 0.1) is 6.61 Å². The van der Waals surface area contributed by atoms with E-state index in [1.807, 2.05) is 26.2 Å². The van der Waals surface area contributed by atoms with Gasteiger partial charge in [-0.1, -0.05) is 0 Å². The quantitative estimate of drug-likeness (QED) is 0.793. The van der Waals surface area contributed by atoms with Gasteiger partial charge in [-0.3, -0.25) is 4.79 Å². The number of benzene rings is 1. The molecule has 23 heavy (non-hydrogen) atoms. The lowest BCUT2D eigenvalue weighted by Crippen LogP contribution is -2.25. The Morgan fingerprint density at radius 3 is 2.61 bits per heavy atom. The van der Waals surface area contributed by atoms with Gasteiger partial charge in [-0.25, -0.2) is 0 Å². The van der Waals surface area contributed by atoms with E-state index in [1.165, 1.54) is 10.5 Å². The fourth-order valence-corrected chi connectivity index (χ4v) is 3.78. The maximum absolute atomic E-state index is 12.5. The van der Waals surface area contributed by atoms with E-state index in [-0.39, 0.29) is 5.56 Å². The van der Waals surface area contributed by atoms with Crippen LogP contribution in [0.15, 0.2) is 34.1 Å². The van der Waals surface area contributed by atoms with Crippen LogP contribution >= 0.6 is 11.8 Å². The summed E-state index contributed by atoms with van der Waals surface area (Å²) in [5.41, 5.74) is 4.63. The molecule has 122 valence electrons. The van der Waals surface area contributed by atoms with Crippen molar-refractivity contribution >= 4 is 11.8 Å². The summed E-state index contributed by atoms with van der Waals surface area (Å²) in [5.74, 6) is 0.900. The first-order valence-corrected chi connectivity index (χ1v) is 9.40. The van der Waals surface area contributed by atoms with Crippen LogP contribution in [0.2, 0.25) is 0 Å². The zero-order valence-corrected chi connectivity index (χ0v) is 14.8. The summed E-state index contributed by atoms with van der Waals surface area (Å²) in [7, 11) is 1.85. The number of hydrogen-bond acceptors (Lipinski definition) is 3. The Morgan fingerprint density at radius 1 is 1.17 bits per heavy atom. The summed E-state index contributed by atoms with van der Waals surface area (Å²) in [6.45, 7) is 2.64. The number of rotatable bonds is 4. The molecule has 1 aliphatic carbocycles. The van der Waals surface area contributed by atoms with Crippen molar-refractivity contribution < 1.29 is 4.74 Å². The lowest BCUT2D eigenvalue weighted by molar-refractivity contribution is 0.341. The van der Waals surface area contributed by atoms with Gasteiger partial charge in [-0.2, -0.15) is 0 Å². The number of nitrogens with zero attached hydrogens (tertiary/aromatic N) is 1. The molecule has 0 fully saturated rings. The molecule has 0 saturated heterocycles. The number of aryl methyl sites for hydroxylation is 1. The third-order valence-corrected chi connectivity index (χ3v) is 5.20. The molecule has 3 rings (SSSR count). The van der Waals surface area contributed by atoms with Crippen LogP contribution in [0, 0.1) is 0 Å². The highest BCUT2D eigenvalue weighted by Gasteiger charge is 2.21. The van der Waals surface area contributed by atoms with Crippen LogP contribution in [0.5, 0.6) is 5.75 Å². The van der Waals surface area contributed by atoms with Gasteiger partial charge in [0.1, 0.15) is 5.75 Å². The summed E-state index contributed by atoms with van der Waals surface area (Å²) < 4.78 is 7.58. The molecule has 1 aromatic heterocycles. The van der Waals surface area contributed by atoms with Crippen molar-refractivity contribution in [3.05, 3.63) is 45.9 Å². The first-order valence-electron chi connectivity index (χ1n) is 8.18. The molecular formula is C19H23NO2S. The van der Waals surface area contributed by atoms with E-state index >= 15 is 0 Å². The number of ether oxygens (including phenoxy) is 1.